The van der Waals surface area contributed by atoms with Gasteiger partial charge in [0.1, 0.15) is 11.6 Å². The Morgan fingerprint density at radius 3 is 1.62 bits per heavy atom. The molecule has 4 nitrogen and oxygen atoms in total. The Morgan fingerprint density at radius 2 is 1.10 bits per heavy atom. The van der Waals surface area contributed by atoms with Crippen LogP contribution >= 0.6 is 11.6 Å². The molecule has 0 fully saturated rings. The van der Waals surface area contributed by atoms with Crippen LogP contribution in [0.1, 0.15) is 78.2 Å². The third kappa shape index (κ3) is 18.3. The summed E-state index contributed by atoms with van der Waals surface area (Å²) >= 11 is 5.97. The van der Waals surface area contributed by atoms with Gasteiger partial charge in [-0.15, -0.1) is 0 Å². The van der Waals surface area contributed by atoms with Crippen molar-refractivity contribution < 1.29 is 4.39 Å². The molecule has 0 amide bonds. The normalized spacial score (nSPS) is 10.4. The molecule has 4 rings (SSSR count). The van der Waals surface area contributed by atoms with Crippen LogP contribution in [0.3, 0.4) is 0 Å². The maximum atomic E-state index is 12.9. The Kier molecular flexibility index (Phi) is 18.9. The first-order valence-electron chi connectivity index (χ1n) is 15.0. The van der Waals surface area contributed by atoms with Gasteiger partial charge in [0.15, 0.2) is 0 Å². The molecule has 0 saturated heterocycles. The van der Waals surface area contributed by atoms with Crippen LogP contribution in [-0.2, 0) is 25.7 Å². The second-order valence-corrected chi connectivity index (χ2v) is 12.3. The van der Waals surface area contributed by atoms with Gasteiger partial charge in [0.25, 0.3) is 0 Å². The van der Waals surface area contributed by atoms with Crippen molar-refractivity contribution in [3.05, 3.63) is 119 Å². The van der Waals surface area contributed by atoms with Crippen molar-refractivity contribution >= 4 is 11.6 Å². The molecule has 3 aromatic heterocycles. The molecule has 228 valence electrons. The van der Waals surface area contributed by atoms with Crippen molar-refractivity contribution in [1.82, 2.24) is 19.9 Å². The van der Waals surface area contributed by atoms with E-state index in [-0.39, 0.29) is 5.82 Å². The SMILES string of the molecule is CC(C)Cc1ccccc1Cl.CC(C)Cc1ccccn1.CC(C)Cc1ncccc1F.CC(C)Cc1ncccn1. The fourth-order valence-corrected chi connectivity index (χ4v) is 4.01. The van der Waals surface area contributed by atoms with E-state index in [9.17, 15) is 4.39 Å². The fraction of sp³-hybridized carbons (Fsp3) is 0.444. The molecule has 0 N–H and O–H groups in total. The van der Waals surface area contributed by atoms with Gasteiger partial charge in [-0.2, -0.15) is 0 Å². The van der Waals surface area contributed by atoms with Crippen LogP contribution in [0.5, 0.6) is 0 Å². The van der Waals surface area contributed by atoms with Crippen molar-refractivity contribution in [3.8, 4) is 0 Å². The largest absolute Gasteiger partial charge is 0.261 e. The van der Waals surface area contributed by atoms with E-state index in [1.54, 1.807) is 24.7 Å². The minimum Gasteiger partial charge on any atom is -0.261 e. The number of nitrogens with zero attached hydrogens (tertiary/aromatic N) is 4. The van der Waals surface area contributed by atoms with E-state index in [1.807, 2.05) is 56.4 Å². The van der Waals surface area contributed by atoms with Crippen LogP contribution in [0.4, 0.5) is 4.39 Å². The van der Waals surface area contributed by atoms with E-state index in [1.165, 1.54) is 17.3 Å². The first-order chi connectivity index (χ1) is 20.0. The number of hydrogen-bond acceptors (Lipinski definition) is 4. The average Bonchev–Trinajstić information content (AvgIpc) is 2.92. The highest BCUT2D eigenvalue weighted by atomic mass is 35.5. The number of aromatic nitrogens is 4. The standard InChI is InChI=1S/C10H13Cl.C9H12FN.C9H13N.C8H12N2/c1-8(2)7-9-5-3-4-6-10(9)11;1-7(2)6-9-8(10)4-3-5-11-9;1-8(2)7-9-5-3-4-6-10-9;1-7(2)6-8-9-4-3-5-10-8/h3-6,8H,7H2,1-2H3;3-5,7H,6H2,1-2H3;3-6,8H,7H2,1-2H3;3-5,7H,6H2,1-2H3. The van der Waals surface area contributed by atoms with Gasteiger partial charge in [-0.1, -0.05) is 91.3 Å². The van der Waals surface area contributed by atoms with E-state index < -0.39 is 0 Å². The van der Waals surface area contributed by atoms with Crippen LogP contribution in [-0.4, -0.2) is 19.9 Å². The molecule has 0 atom stereocenters. The first-order valence-corrected chi connectivity index (χ1v) is 15.3. The van der Waals surface area contributed by atoms with E-state index in [0.29, 0.717) is 35.8 Å². The summed E-state index contributed by atoms with van der Waals surface area (Å²) in [5, 5.41) is 0.890. The first kappa shape index (κ1) is 36.8. The van der Waals surface area contributed by atoms with Gasteiger partial charge < -0.3 is 0 Å². The average molecular weight is 593 g/mol. The Balaban J connectivity index is 0.000000280. The predicted octanol–water partition coefficient (Wildman–Crippen LogP) is 9.91. The lowest BCUT2D eigenvalue weighted by Crippen LogP contribution is -1.99. The molecule has 1 aromatic carbocycles. The van der Waals surface area contributed by atoms with Gasteiger partial charge in [0.2, 0.25) is 0 Å². The predicted molar refractivity (Wildman–Crippen MR) is 176 cm³/mol. The van der Waals surface area contributed by atoms with Crippen molar-refractivity contribution in [2.45, 2.75) is 81.1 Å². The van der Waals surface area contributed by atoms with Crippen molar-refractivity contribution in [1.29, 1.82) is 0 Å². The van der Waals surface area contributed by atoms with Gasteiger partial charge in [0.05, 0.1) is 5.69 Å². The summed E-state index contributed by atoms with van der Waals surface area (Å²) in [6.45, 7) is 17.2. The molecular formula is C36H50ClFN4. The molecule has 0 aliphatic heterocycles. The molecule has 0 saturated carbocycles. The third-order valence-electron chi connectivity index (χ3n) is 5.58. The molecule has 0 spiro atoms. The Labute approximate surface area is 259 Å². The summed E-state index contributed by atoms with van der Waals surface area (Å²) in [7, 11) is 0. The van der Waals surface area contributed by atoms with Crippen LogP contribution in [0.15, 0.2) is 85.5 Å². The zero-order valence-corrected chi connectivity index (χ0v) is 27.5. The number of halogens is 2. The maximum Gasteiger partial charge on any atom is 0.144 e. The number of hydrogen-bond donors (Lipinski definition) is 0. The molecule has 0 radical (unpaired) electrons. The molecule has 0 aliphatic rings. The van der Waals surface area contributed by atoms with E-state index in [4.69, 9.17) is 11.6 Å². The van der Waals surface area contributed by atoms with Crippen molar-refractivity contribution in [3.63, 3.8) is 0 Å². The molecule has 4 aromatic rings. The van der Waals surface area contributed by atoms with Gasteiger partial charge in [-0.3, -0.25) is 9.97 Å². The molecule has 6 heteroatoms. The van der Waals surface area contributed by atoms with Crippen LogP contribution in [0.25, 0.3) is 0 Å². The lowest BCUT2D eigenvalue weighted by Gasteiger charge is -2.05. The minimum absolute atomic E-state index is 0.193. The Morgan fingerprint density at radius 1 is 0.548 bits per heavy atom. The number of pyridine rings is 2. The summed E-state index contributed by atoms with van der Waals surface area (Å²) in [6.07, 6.45) is 10.9. The van der Waals surface area contributed by atoms with Gasteiger partial charge in [-0.25, -0.2) is 14.4 Å². The minimum atomic E-state index is -0.193. The highest BCUT2D eigenvalue weighted by Crippen LogP contribution is 2.18. The van der Waals surface area contributed by atoms with Gasteiger partial charge in [0, 0.05) is 41.9 Å². The zero-order valence-electron chi connectivity index (χ0n) is 26.8. The maximum absolute atomic E-state index is 12.9. The lowest BCUT2D eigenvalue weighted by atomic mass is 10.0. The number of benzene rings is 1. The second-order valence-electron chi connectivity index (χ2n) is 11.9. The summed E-state index contributed by atoms with van der Waals surface area (Å²) in [5.74, 6) is 3.23. The monoisotopic (exact) mass is 592 g/mol. The third-order valence-corrected chi connectivity index (χ3v) is 5.94. The summed E-state index contributed by atoms with van der Waals surface area (Å²) < 4.78 is 12.9. The highest BCUT2D eigenvalue weighted by Gasteiger charge is 2.04. The highest BCUT2D eigenvalue weighted by molar-refractivity contribution is 6.31. The summed E-state index contributed by atoms with van der Waals surface area (Å²) in [5.41, 5.74) is 3.02. The molecule has 0 bridgehead atoms. The van der Waals surface area contributed by atoms with E-state index >= 15 is 0 Å². The van der Waals surface area contributed by atoms with Crippen LogP contribution in [0.2, 0.25) is 5.02 Å². The topological polar surface area (TPSA) is 51.6 Å². The molecule has 42 heavy (non-hydrogen) atoms. The Hall–Kier alpha value is -3.18. The van der Waals surface area contributed by atoms with Crippen LogP contribution in [0, 0.1) is 29.5 Å². The van der Waals surface area contributed by atoms with Gasteiger partial charge >= 0.3 is 0 Å². The molecule has 3 heterocycles. The smallest absolute Gasteiger partial charge is 0.144 e. The number of rotatable bonds is 8. The fourth-order valence-electron chi connectivity index (χ4n) is 3.80. The lowest BCUT2D eigenvalue weighted by molar-refractivity contribution is 0.560. The summed E-state index contributed by atoms with van der Waals surface area (Å²) in [4.78, 5) is 16.4. The Bertz CT molecular complexity index is 1120. The van der Waals surface area contributed by atoms with E-state index in [2.05, 4.69) is 73.6 Å². The zero-order chi connectivity index (χ0) is 31.3. The molecule has 0 unspecified atom stereocenters. The summed E-state index contributed by atoms with van der Waals surface area (Å²) in [6, 6.07) is 19.0. The molecular weight excluding hydrogens is 543 g/mol. The quantitative estimate of drug-likeness (QED) is 0.204. The van der Waals surface area contributed by atoms with Crippen molar-refractivity contribution in [2.24, 2.45) is 23.7 Å². The van der Waals surface area contributed by atoms with Gasteiger partial charge in [-0.05, 0) is 84.9 Å². The second kappa shape index (κ2) is 21.5. The molecule has 0 aliphatic carbocycles. The van der Waals surface area contributed by atoms with Crippen LogP contribution < -0.4 is 0 Å². The van der Waals surface area contributed by atoms with Crippen molar-refractivity contribution in [2.75, 3.05) is 0 Å². The van der Waals surface area contributed by atoms with E-state index in [0.717, 1.165) is 30.1 Å².